The Labute approximate surface area is 97.7 Å². The SMILES string of the molecule is O=S(CCCNC1CC1)c1ccc(F)cc1. The molecule has 0 aromatic heterocycles. The summed E-state index contributed by atoms with van der Waals surface area (Å²) < 4.78 is 24.4. The molecule has 2 nitrogen and oxygen atoms in total. The van der Waals surface area contributed by atoms with Gasteiger partial charge in [0.15, 0.2) is 0 Å². The summed E-state index contributed by atoms with van der Waals surface area (Å²) in [4.78, 5) is 0.716. The van der Waals surface area contributed by atoms with E-state index in [-0.39, 0.29) is 5.82 Å². The second kappa shape index (κ2) is 5.55. The minimum atomic E-state index is -0.993. The van der Waals surface area contributed by atoms with Crippen LogP contribution >= 0.6 is 0 Å². The van der Waals surface area contributed by atoms with Crippen molar-refractivity contribution in [3.05, 3.63) is 30.1 Å². The van der Waals surface area contributed by atoms with Crippen LogP contribution in [0, 0.1) is 5.82 Å². The molecule has 0 radical (unpaired) electrons. The molecular weight excluding hydrogens is 225 g/mol. The Hall–Kier alpha value is -0.740. The highest BCUT2D eigenvalue weighted by Gasteiger charge is 2.19. The molecule has 1 aromatic rings. The molecule has 0 bridgehead atoms. The maximum Gasteiger partial charge on any atom is 0.123 e. The Morgan fingerprint density at radius 3 is 2.62 bits per heavy atom. The van der Waals surface area contributed by atoms with Gasteiger partial charge in [-0.25, -0.2) is 4.39 Å². The van der Waals surface area contributed by atoms with Crippen molar-refractivity contribution in [1.82, 2.24) is 5.32 Å². The smallest absolute Gasteiger partial charge is 0.123 e. The van der Waals surface area contributed by atoms with E-state index in [4.69, 9.17) is 0 Å². The molecular formula is C12H16FNOS. The molecule has 2 rings (SSSR count). The second-order valence-corrected chi connectivity index (χ2v) is 5.66. The number of halogens is 1. The molecule has 1 aromatic carbocycles. The first kappa shape index (κ1) is 11.7. The average Bonchev–Trinajstić information content (AvgIpc) is 3.09. The summed E-state index contributed by atoms with van der Waals surface area (Å²) in [5.74, 6) is 0.363. The third kappa shape index (κ3) is 3.68. The minimum Gasteiger partial charge on any atom is -0.314 e. The Balaban J connectivity index is 1.71. The van der Waals surface area contributed by atoms with Crippen molar-refractivity contribution < 1.29 is 8.60 Å². The first-order valence-electron chi connectivity index (χ1n) is 5.63. The largest absolute Gasteiger partial charge is 0.314 e. The maximum atomic E-state index is 12.6. The fourth-order valence-corrected chi connectivity index (χ4v) is 2.58. The molecule has 0 aliphatic heterocycles. The van der Waals surface area contributed by atoms with Crippen LogP contribution in [-0.2, 0) is 10.8 Å². The Bertz CT molecular complexity index is 362. The quantitative estimate of drug-likeness (QED) is 0.773. The van der Waals surface area contributed by atoms with Crippen LogP contribution in [-0.4, -0.2) is 22.5 Å². The lowest BCUT2D eigenvalue weighted by Gasteiger charge is -2.03. The van der Waals surface area contributed by atoms with E-state index in [1.165, 1.54) is 25.0 Å². The van der Waals surface area contributed by atoms with Crippen molar-refractivity contribution >= 4 is 10.8 Å². The Morgan fingerprint density at radius 2 is 2.00 bits per heavy atom. The third-order valence-electron chi connectivity index (χ3n) is 2.59. The molecule has 0 heterocycles. The molecule has 1 atom stereocenters. The molecule has 1 saturated carbocycles. The van der Waals surface area contributed by atoms with Crippen LogP contribution < -0.4 is 5.32 Å². The molecule has 1 fully saturated rings. The topological polar surface area (TPSA) is 29.1 Å². The van der Waals surface area contributed by atoms with Gasteiger partial charge in [-0.15, -0.1) is 0 Å². The number of nitrogens with one attached hydrogen (secondary N) is 1. The molecule has 0 spiro atoms. The molecule has 0 amide bonds. The van der Waals surface area contributed by atoms with Gasteiger partial charge in [0, 0.05) is 16.7 Å². The van der Waals surface area contributed by atoms with Crippen molar-refractivity contribution in [2.75, 3.05) is 12.3 Å². The first-order chi connectivity index (χ1) is 7.75. The lowest BCUT2D eigenvalue weighted by atomic mass is 10.4. The summed E-state index contributed by atoms with van der Waals surface area (Å²) >= 11 is 0. The summed E-state index contributed by atoms with van der Waals surface area (Å²) in [6.45, 7) is 0.928. The highest BCUT2D eigenvalue weighted by Crippen LogP contribution is 2.18. The van der Waals surface area contributed by atoms with Crippen molar-refractivity contribution in [2.45, 2.75) is 30.2 Å². The van der Waals surface area contributed by atoms with E-state index in [0.29, 0.717) is 16.7 Å². The average molecular weight is 241 g/mol. The number of benzene rings is 1. The van der Waals surface area contributed by atoms with Gasteiger partial charge in [0.2, 0.25) is 0 Å². The van der Waals surface area contributed by atoms with E-state index in [1.54, 1.807) is 12.1 Å². The standard InChI is InChI=1S/C12H16FNOS/c13-10-2-6-12(7-3-10)16(15)9-1-8-14-11-4-5-11/h2-3,6-7,11,14H,1,4-5,8-9H2. The van der Waals surface area contributed by atoms with E-state index < -0.39 is 10.8 Å². The molecule has 16 heavy (non-hydrogen) atoms. The molecule has 0 saturated heterocycles. The molecule has 1 N–H and O–H groups in total. The van der Waals surface area contributed by atoms with E-state index in [0.717, 1.165) is 13.0 Å². The van der Waals surface area contributed by atoms with Crippen LogP contribution in [0.15, 0.2) is 29.2 Å². The number of rotatable bonds is 6. The van der Waals surface area contributed by atoms with Gasteiger partial charge >= 0.3 is 0 Å². The fourth-order valence-electron chi connectivity index (χ4n) is 1.50. The normalized spacial score (nSPS) is 17.3. The Kier molecular flexibility index (Phi) is 4.07. The lowest BCUT2D eigenvalue weighted by molar-refractivity contribution is 0.626. The van der Waals surface area contributed by atoms with Gasteiger partial charge in [0.25, 0.3) is 0 Å². The second-order valence-electron chi connectivity index (χ2n) is 4.09. The predicted molar refractivity (Wildman–Crippen MR) is 63.3 cm³/mol. The number of hydrogen-bond acceptors (Lipinski definition) is 2. The molecule has 4 heteroatoms. The van der Waals surface area contributed by atoms with E-state index in [1.807, 2.05) is 0 Å². The molecule has 1 unspecified atom stereocenters. The van der Waals surface area contributed by atoms with Gasteiger partial charge in [-0.3, -0.25) is 4.21 Å². The monoisotopic (exact) mass is 241 g/mol. The number of hydrogen-bond donors (Lipinski definition) is 1. The van der Waals surface area contributed by atoms with Crippen LogP contribution in [0.3, 0.4) is 0 Å². The first-order valence-corrected chi connectivity index (χ1v) is 6.95. The predicted octanol–water partition coefficient (Wildman–Crippen LogP) is 2.08. The highest BCUT2D eigenvalue weighted by molar-refractivity contribution is 7.85. The van der Waals surface area contributed by atoms with Crippen molar-refractivity contribution in [3.8, 4) is 0 Å². The fraction of sp³-hybridized carbons (Fsp3) is 0.500. The van der Waals surface area contributed by atoms with Gasteiger partial charge < -0.3 is 5.32 Å². The maximum absolute atomic E-state index is 12.6. The van der Waals surface area contributed by atoms with E-state index >= 15 is 0 Å². The van der Waals surface area contributed by atoms with Gasteiger partial charge in [0.05, 0.1) is 10.8 Å². The highest BCUT2D eigenvalue weighted by atomic mass is 32.2. The van der Waals surface area contributed by atoms with Crippen molar-refractivity contribution in [1.29, 1.82) is 0 Å². The van der Waals surface area contributed by atoms with E-state index in [2.05, 4.69) is 5.32 Å². The lowest BCUT2D eigenvalue weighted by Crippen LogP contribution is -2.19. The molecule has 1 aliphatic carbocycles. The summed E-state index contributed by atoms with van der Waals surface area (Å²) in [5.41, 5.74) is 0. The van der Waals surface area contributed by atoms with Gasteiger partial charge in [-0.2, -0.15) is 0 Å². The summed E-state index contributed by atoms with van der Waals surface area (Å²) in [5, 5.41) is 3.38. The van der Waals surface area contributed by atoms with Gasteiger partial charge in [-0.05, 0) is 50.1 Å². The van der Waals surface area contributed by atoms with E-state index in [9.17, 15) is 8.60 Å². The zero-order valence-electron chi connectivity index (χ0n) is 9.12. The van der Waals surface area contributed by atoms with Crippen LogP contribution in [0.5, 0.6) is 0 Å². The molecule has 88 valence electrons. The molecule has 1 aliphatic rings. The summed E-state index contributed by atoms with van der Waals surface area (Å²) in [6.07, 6.45) is 3.46. The minimum absolute atomic E-state index is 0.281. The van der Waals surface area contributed by atoms with Crippen LogP contribution in [0.4, 0.5) is 4.39 Å². The van der Waals surface area contributed by atoms with Crippen molar-refractivity contribution in [3.63, 3.8) is 0 Å². The zero-order chi connectivity index (χ0) is 11.4. The van der Waals surface area contributed by atoms with Crippen LogP contribution in [0.2, 0.25) is 0 Å². The van der Waals surface area contributed by atoms with Crippen LogP contribution in [0.1, 0.15) is 19.3 Å². The Morgan fingerprint density at radius 1 is 1.31 bits per heavy atom. The van der Waals surface area contributed by atoms with Gasteiger partial charge in [0.1, 0.15) is 5.82 Å². The zero-order valence-corrected chi connectivity index (χ0v) is 9.93. The third-order valence-corrected chi connectivity index (χ3v) is 4.05. The summed E-state index contributed by atoms with van der Waals surface area (Å²) in [6, 6.07) is 6.62. The van der Waals surface area contributed by atoms with Gasteiger partial charge in [-0.1, -0.05) is 0 Å². The van der Waals surface area contributed by atoms with Crippen molar-refractivity contribution in [2.24, 2.45) is 0 Å². The van der Waals surface area contributed by atoms with Crippen LogP contribution in [0.25, 0.3) is 0 Å². The summed E-state index contributed by atoms with van der Waals surface area (Å²) in [7, 11) is -0.993.